The predicted octanol–water partition coefficient (Wildman–Crippen LogP) is 1.33. The summed E-state index contributed by atoms with van der Waals surface area (Å²) in [5.41, 5.74) is 0. The number of rotatable bonds is 3. The van der Waals surface area contributed by atoms with E-state index >= 15 is 0 Å². The molecule has 66 valence electrons. The molecule has 3 heteroatoms. The fourth-order valence-electron chi connectivity index (χ4n) is 1.39. The highest BCUT2D eigenvalue weighted by molar-refractivity contribution is 6.20. The molecule has 11 heavy (non-hydrogen) atoms. The zero-order chi connectivity index (χ0) is 8.27. The Labute approximate surface area is 73.5 Å². The van der Waals surface area contributed by atoms with Gasteiger partial charge in [0.1, 0.15) is 0 Å². The summed E-state index contributed by atoms with van der Waals surface area (Å²) in [5, 5.41) is 0.360. The van der Waals surface area contributed by atoms with Gasteiger partial charge in [0.2, 0.25) is 0 Å². The maximum atomic E-state index is 5.95. The molecular weight excluding hydrogens is 162 g/mol. The van der Waals surface area contributed by atoms with Crippen molar-refractivity contribution < 1.29 is 4.74 Å². The zero-order valence-electron chi connectivity index (χ0n) is 7.22. The first kappa shape index (κ1) is 9.30. The fourth-order valence-corrected chi connectivity index (χ4v) is 1.68. The second kappa shape index (κ2) is 4.29. The highest BCUT2D eigenvalue weighted by Crippen LogP contribution is 2.14. The van der Waals surface area contributed by atoms with Gasteiger partial charge in [0, 0.05) is 25.6 Å². The van der Waals surface area contributed by atoms with Crippen LogP contribution >= 0.6 is 11.6 Å². The lowest BCUT2D eigenvalue weighted by Gasteiger charge is -2.18. The van der Waals surface area contributed by atoms with Crippen LogP contribution in [0.4, 0.5) is 0 Å². The van der Waals surface area contributed by atoms with Crippen LogP contribution in [-0.4, -0.2) is 43.1 Å². The lowest BCUT2D eigenvalue weighted by molar-refractivity contribution is 0.0853. The number of methoxy groups -OCH3 is 1. The first-order chi connectivity index (χ1) is 5.22. The summed E-state index contributed by atoms with van der Waals surface area (Å²) in [6, 6.07) is 0. The standard InChI is InChI=1S/C8H16ClNO/c1-7(11-2)5-10-4-3-8(9)6-10/h7-8H,3-6H2,1-2H3. The summed E-state index contributed by atoms with van der Waals surface area (Å²) in [5.74, 6) is 0. The van der Waals surface area contributed by atoms with Gasteiger partial charge in [0.05, 0.1) is 6.10 Å². The third kappa shape index (κ3) is 2.97. The topological polar surface area (TPSA) is 12.5 Å². The van der Waals surface area contributed by atoms with Crippen LogP contribution in [0.25, 0.3) is 0 Å². The van der Waals surface area contributed by atoms with Gasteiger partial charge in [-0.15, -0.1) is 11.6 Å². The molecule has 1 aliphatic rings. The Bertz CT molecular complexity index is 121. The first-order valence-corrected chi connectivity index (χ1v) is 4.55. The molecule has 0 bridgehead atoms. The molecule has 2 nitrogen and oxygen atoms in total. The number of alkyl halides is 1. The fraction of sp³-hybridized carbons (Fsp3) is 1.00. The monoisotopic (exact) mass is 177 g/mol. The molecule has 2 unspecified atom stereocenters. The molecule has 0 saturated carbocycles. The van der Waals surface area contributed by atoms with E-state index in [9.17, 15) is 0 Å². The van der Waals surface area contributed by atoms with Gasteiger partial charge in [-0.2, -0.15) is 0 Å². The Kier molecular flexibility index (Phi) is 3.63. The average molecular weight is 178 g/mol. The Morgan fingerprint density at radius 2 is 2.45 bits per heavy atom. The third-order valence-corrected chi connectivity index (χ3v) is 2.49. The van der Waals surface area contributed by atoms with Crippen molar-refractivity contribution in [1.29, 1.82) is 0 Å². The molecule has 0 N–H and O–H groups in total. The summed E-state index contributed by atoms with van der Waals surface area (Å²) in [7, 11) is 1.75. The largest absolute Gasteiger partial charge is 0.380 e. The minimum Gasteiger partial charge on any atom is -0.380 e. The lowest BCUT2D eigenvalue weighted by atomic mass is 10.4. The van der Waals surface area contributed by atoms with Crippen molar-refractivity contribution >= 4 is 11.6 Å². The Balaban J connectivity index is 2.17. The second-order valence-corrected chi connectivity index (χ2v) is 3.81. The quantitative estimate of drug-likeness (QED) is 0.604. The minimum atomic E-state index is 0.331. The smallest absolute Gasteiger partial charge is 0.0670 e. The molecule has 0 aromatic rings. The molecule has 1 fully saturated rings. The molecule has 0 aromatic heterocycles. The molecule has 0 aromatic carbocycles. The van der Waals surface area contributed by atoms with E-state index in [1.807, 2.05) is 0 Å². The van der Waals surface area contributed by atoms with Crippen LogP contribution in [0.15, 0.2) is 0 Å². The van der Waals surface area contributed by atoms with E-state index in [0.29, 0.717) is 11.5 Å². The van der Waals surface area contributed by atoms with E-state index in [0.717, 1.165) is 26.1 Å². The first-order valence-electron chi connectivity index (χ1n) is 4.11. The maximum Gasteiger partial charge on any atom is 0.0670 e. The Morgan fingerprint density at radius 3 is 2.91 bits per heavy atom. The van der Waals surface area contributed by atoms with Crippen molar-refractivity contribution in [3.63, 3.8) is 0 Å². The van der Waals surface area contributed by atoms with Gasteiger partial charge >= 0.3 is 0 Å². The van der Waals surface area contributed by atoms with Crippen molar-refractivity contribution in [3.05, 3.63) is 0 Å². The number of hydrogen-bond acceptors (Lipinski definition) is 2. The van der Waals surface area contributed by atoms with Crippen LogP contribution in [0.5, 0.6) is 0 Å². The molecular formula is C8H16ClNO. The third-order valence-electron chi connectivity index (χ3n) is 2.13. The van der Waals surface area contributed by atoms with Crippen LogP contribution in [0, 0.1) is 0 Å². The molecule has 1 rings (SSSR count). The van der Waals surface area contributed by atoms with E-state index in [4.69, 9.17) is 16.3 Å². The summed E-state index contributed by atoms with van der Waals surface area (Å²) >= 11 is 5.95. The SMILES string of the molecule is COC(C)CN1CCC(Cl)C1. The summed E-state index contributed by atoms with van der Waals surface area (Å²) in [4.78, 5) is 2.35. The number of likely N-dealkylation sites (tertiary alicyclic amines) is 1. The van der Waals surface area contributed by atoms with Crippen LogP contribution in [0.1, 0.15) is 13.3 Å². The molecule has 1 aliphatic heterocycles. The Morgan fingerprint density at radius 1 is 1.73 bits per heavy atom. The summed E-state index contributed by atoms with van der Waals surface area (Å²) < 4.78 is 5.16. The summed E-state index contributed by atoms with van der Waals surface area (Å²) in [6.45, 7) is 5.25. The van der Waals surface area contributed by atoms with Gasteiger partial charge in [-0.3, -0.25) is 4.90 Å². The van der Waals surface area contributed by atoms with Crippen molar-refractivity contribution in [1.82, 2.24) is 4.90 Å². The normalized spacial score (nSPS) is 29.2. The highest BCUT2D eigenvalue weighted by Gasteiger charge is 2.21. The van der Waals surface area contributed by atoms with Crippen molar-refractivity contribution in [2.45, 2.75) is 24.8 Å². The molecule has 2 atom stereocenters. The van der Waals surface area contributed by atoms with Crippen LogP contribution in [0.2, 0.25) is 0 Å². The molecule has 0 amide bonds. The van der Waals surface area contributed by atoms with Gasteiger partial charge in [0.15, 0.2) is 0 Å². The van der Waals surface area contributed by atoms with E-state index in [1.54, 1.807) is 7.11 Å². The molecule has 1 heterocycles. The van der Waals surface area contributed by atoms with Crippen LogP contribution in [-0.2, 0) is 4.74 Å². The predicted molar refractivity (Wildman–Crippen MR) is 47.2 cm³/mol. The van der Waals surface area contributed by atoms with E-state index in [-0.39, 0.29) is 0 Å². The number of hydrogen-bond donors (Lipinski definition) is 0. The number of ether oxygens (including phenoxy) is 1. The Hall–Kier alpha value is 0.210. The van der Waals surface area contributed by atoms with Crippen molar-refractivity contribution in [2.75, 3.05) is 26.7 Å². The average Bonchev–Trinajstić information content (AvgIpc) is 2.35. The van der Waals surface area contributed by atoms with E-state index in [2.05, 4.69) is 11.8 Å². The summed E-state index contributed by atoms with van der Waals surface area (Å²) in [6.07, 6.45) is 1.45. The molecule has 0 aliphatic carbocycles. The van der Waals surface area contributed by atoms with Gasteiger partial charge in [-0.1, -0.05) is 0 Å². The second-order valence-electron chi connectivity index (χ2n) is 3.19. The van der Waals surface area contributed by atoms with Gasteiger partial charge < -0.3 is 4.74 Å². The van der Waals surface area contributed by atoms with Crippen LogP contribution < -0.4 is 0 Å². The van der Waals surface area contributed by atoms with Crippen LogP contribution in [0.3, 0.4) is 0 Å². The molecule has 0 radical (unpaired) electrons. The lowest BCUT2D eigenvalue weighted by Crippen LogP contribution is -2.30. The highest BCUT2D eigenvalue weighted by atomic mass is 35.5. The van der Waals surface area contributed by atoms with Gasteiger partial charge in [-0.25, -0.2) is 0 Å². The molecule has 0 spiro atoms. The molecule has 1 saturated heterocycles. The number of halogens is 1. The maximum absolute atomic E-state index is 5.95. The zero-order valence-corrected chi connectivity index (χ0v) is 7.97. The van der Waals surface area contributed by atoms with Crippen molar-refractivity contribution in [3.8, 4) is 0 Å². The van der Waals surface area contributed by atoms with E-state index < -0.39 is 0 Å². The van der Waals surface area contributed by atoms with Gasteiger partial charge in [0.25, 0.3) is 0 Å². The van der Waals surface area contributed by atoms with E-state index in [1.165, 1.54) is 0 Å². The van der Waals surface area contributed by atoms with Crippen molar-refractivity contribution in [2.24, 2.45) is 0 Å². The van der Waals surface area contributed by atoms with Gasteiger partial charge in [-0.05, 0) is 19.9 Å². The number of nitrogens with zero attached hydrogens (tertiary/aromatic N) is 1. The minimum absolute atomic E-state index is 0.331.